The molecule has 0 saturated carbocycles. The first kappa shape index (κ1) is 17.8. The van der Waals surface area contributed by atoms with E-state index in [0.29, 0.717) is 29.0 Å². The van der Waals surface area contributed by atoms with E-state index in [4.69, 9.17) is 0 Å². The lowest BCUT2D eigenvalue weighted by molar-refractivity contribution is 0.00812. The molecule has 2 heterocycles. The Balaban J connectivity index is 2.06. The lowest BCUT2D eigenvalue weighted by Crippen LogP contribution is -2.48. The van der Waals surface area contributed by atoms with Crippen molar-refractivity contribution < 1.29 is 5.11 Å². The minimum atomic E-state index is -1.32. The lowest BCUT2D eigenvalue weighted by atomic mass is 10.1. The van der Waals surface area contributed by atoms with Gasteiger partial charge in [-0.2, -0.15) is 9.97 Å². The molecule has 3 rings (SSSR count). The van der Waals surface area contributed by atoms with Crippen molar-refractivity contribution in [2.24, 2.45) is 4.99 Å². The van der Waals surface area contributed by atoms with Crippen LogP contribution >= 0.6 is 11.8 Å². The van der Waals surface area contributed by atoms with Gasteiger partial charge in [0.05, 0.1) is 5.75 Å². The Kier molecular flexibility index (Phi) is 5.01. The maximum atomic E-state index is 11.3. The summed E-state index contributed by atoms with van der Waals surface area (Å²) in [5, 5.41) is 18.4. The van der Waals surface area contributed by atoms with Crippen LogP contribution < -0.4 is 16.3 Å². The fourth-order valence-electron chi connectivity index (χ4n) is 2.79. The van der Waals surface area contributed by atoms with Gasteiger partial charge in [0, 0.05) is 18.8 Å². The highest BCUT2D eigenvalue weighted by atomic mass is 32.2. The highest BCUT2D eigenvalue weighted by Gasteiger charge is 2.39. The van der Waals surface area contributed by atoms with Gasteiger partial charge in [0.15, 0.2) is 5.16 Å². The van der Waals surface area contributed by atoms with Gasteiger partial charge in [0.2, 0.25) is 17.4 Å². The molecular formula is C17H24N6OS. The summed E-state index contributed by atoms with van der Waals surface area (Å²) < 4.78 is 1.68. The summed E-state index contributed by atoms with van der Waals surface area (Å²) in [6.07, 6.45) is 0. The third-order valence-corrected chi connectivity index (χ3v) is 5.00. The molecule has 2 aromatic rings. The van der Waals surface area contributed by atoms with Gasteiger partial charge in [-0.3, -0.25) is 4.99 Å². The average Bonchev–Trinajstić information content (AvgIpc) is 2.88. The predicted octanol–water partition coefficient (Wildman–Crippen LogP) is 2.07. The van der Waals surface area contributed by atoms with E-state index < -0.39 is 5.85 Å². The summed E-state index contributed by atoms with van der Waals surface area (Å²) in [5.41, 5.74) is 3.61. The lowest BCUT2D eigenvalue weighted by Gasteiger charge is -2.28. The predicted molar refractivity (Wildman–Crippen MR) is 101 cm³/mol. The number of benzene rings is 1. The molecule has 8 heteroatoms. The molecule has 0 unspecified atom stereocenters. The topological polar surface area (TPSA) is 87.4 Å². The average molecular weight is 360 g/mol. The maximum Gasteiger partial charge on any atom is 0.234 e. The maximum absolute atomic E-state index is 11.3. The third kappa shape index (κ3) is 3.50. The molecule has 1 aliphatic rings. The Labute approximate surface area is 151 Å². The number of fused-ring (bicyclic) bond motifs is 1. The van der Waals surface area contributed by atoms with Gasteiger partial charge in [-0.25, -0.2) is 4.57 Å². The van der Waals surface area contributed by atoms with Crippen LogP contribution in [0.25, 0.3) is 0 Å². The first-order valence-corrected chi connectivity index (χ1v) is 9.42. The van der Waals surface area contributed by atoms with Crippen LogP contribution in [0.4, 0.5) is 11.6 Å². The number of aryl methyl sites for hydroxylation is 2. The summed E-state index contributed by atoms with van der Waals surface area (Å²) in [4.78, 5) is 13.4. The first-order chi connectivity index (χ1) is 12.0. The largest absolute Gasteiger partial charge is 0.354 e. The van der Waals surface area contributed by atoms with Crippen LogP contribution in [0.1, 0.15) is 25.0 Å². The van der Waals surface area contributed by atoms with Gasteiger partial charge < -0.3 is 15.7 Å². The number of anilines is 2. The van der Waals surface area contributed by atoms with Gasteiger partial charge in [-0.1, -0.05) is 29.5 Å². The molecule has 0 radical (unpaired) electrons. The van der Waals surface area contributed by atoms with Crippen LogP contribution in [0.15, 0.2) is 28.3 Å². The summed E-state index contributed by atoms with van der Waals surface area (Å²) in [5.74, 6) is -0.362. The van der Waals surface area contributed by atoms with E-state index in [1.807, 2.05) is 32.9 Å². The van der Waals surface area contributed by atoms with E-state index in [2.05, 4.69) is 38.6 Å². The quantitative estimate of drug-likeness (QED) is 0.708. The number of aliphatic hydroxyl groups is 1. The number of rotatable bonds is 5. The Hall–Kier alpha value is -2.06. The first-order valence-electron chi connectivity index (χ1n) is 8.43. The monoisotopic (exact) mass is 360 g/mol. The molecule has 3 N–H and O–H groups in total. The van der Waals surface area contributed by atoms with E-state index >= 15 is 0 Å². The zero-order chi connectivity index (χ0) is 18.0. The fraction of sp³-hybridized carbons (Fsp3) is 0.471. The van der Waals surface area contributed by atoms with Crippen molar-refractivity contribution in [3.05, 3.63) is 34.9 Å². The zero-order valence-corrected chi connectivity index (χ0v) is 15.8. The molecule has 1 atom stereocenters. The Morgan fingerprint density at radius 1 is 1.32 bits per heavy atom. The minimum Gasteiger partial charge on any atom is -0.354 e. The van der Waals surface area contributed by atoms with Crippen molar-refractivity contribution in [3.63, 3.8) is 0 Å². The second-order valence-corrected chi connectivity index (χ2v) is 6.96. The molecule has 1 aromatic carbocycles. The summed E-state index contributed by atoms with van der Waals surface area (Å²) >= 11 is 1.48. The van der Waals surface area contributed by atoms with Crippen LogP contribution in [0.5, 0.6) is 0 Å². The Morgan fingerprint density at radius 2 is 2.12 bits per heavy atom. The molecule has 7 nitrogen and oxygen atoms in total. The standard InChI is InChI=1S/C17H24N6OS/c1-5-18-14-20-15(19-6-2)23-16(21-14)25-10-17(23,24)22-13-8-7-11(3)9-12(13)4/h7-9,22,24H,5-6,10H2,1-4H3,(H,18,19,20)/t17-/m0/s1. The van der Waals surface area contributed by atoms with Crippen LogP contribution in [0.3, 0.4) is 0 Å². The van der Waals surface area contributed by atoms with Gasteiger partial charge >= 0.3 is 0 Å². The van der Waals surface area contributed by atoms with Gasteiger partial charge in [0.25, 0.3) is 0 Å². The normalized spacial score (nSPS) is 19.8. The molecule has 134 valence electrons. The van der Waals surface area contributed by atoms with Crippen molar-refractivity contribution in [1.82, 2.24) is 14.5 Å². The molecular weight excluding hydrogens is 336 g/mol. The van der Waals surface area contributed by atoms with E-state index in [0.717, 1.165) is 17.8 Å². The highest BCUT2D eigenvalue weighted by molar-refractivity contribution is 7.99. The van der Waals surface area contributed by atoms with Gasteiger partial charge in [-0.15, -0.1) is 0 Å². The highest BCUT2D eigenvalue weighted by Crippen LogP contribution is 2.35. The second-order valence-electron chi connectivity index (χ2n) is 6.02. The number of hydrogen-bond donors (Lipinski definition) is 3. The smallest absolute Gasteiger partial charge is 0.234 e. The number of thioether (sulfide) groups is 1. The van der Waals surface area contributed by atoms with Gasteiger partial charge in [0.1, 0.15) is 0 Å². The molecule has 0 aliphatic carbocycles. The number of nitrogens with zero attached hydrogens (tertiary/aromatic N) is 4. The molecule has 1 aromatic heterocycles. The SMILES string of the molecule is CCN=c1nc(NCC)nc2n1[C@@](O)(Nc1ccc(C)cc1C)CS2. The Bertz CT molecular complexity index is 850. The molecule has 25 heavy (non-hydrogen) atoms. The van der Waals surface area contributed by atoms with Gasteiger partial charge in [-0.05, 0) is 39.3 Å². The summed E-state index contributed by atoms with van der Waals surface area (Å²) in [7, 11) is 0. The minimum absolute atomic E-state index is 0.427. The molecule has 0 fully saturated rings. The van der Waals surface area contributed by atoms with Crippen LogP contribution in [-0.2, 0) is 5.85 Å². The molecule has 0 amide bonds. The molecule has 0 saturated heterocycles. The van der Waals surface area contributed by atoms with E-state index in [9.17, 15) is 5.11 Å². The van der Waals surface area contributed by atoms with Crippen LogP contribution in [0.2, 0.25) is 0 Å². The zero-order valence-electron chi connectivity index (χ0n) is 15.0. The van der Waals surface area contributed by atoms with Crippen LogP contribution in [-0.4, -0.2) is 38.5 Å². The van der Waals surface area contributed by atoms with Crippen molar-refractivity contribution in [1.29, 1.82) is 0 Å². The van der Waals surface area contributed by atoms with Crippen molar-refractivity contribution in [3.8, 4) is 0 Å². The van der Waals surface area contributed by atoms with Crippen LogP contribution in [0, 0.1) is 13.8 Å². The fourth-order valence-corrected chi connectivity index (χ4v) is 3.84. The molecule has 1 aliphatic heterocycles. The number of hydrogen-bond acceptors (Lipinski definition) is 7. The second kappa shape index (κ2) is 7.05. The number of aromatic nitrogens is 3. The number of nitrogens with one attached hydrogen (secondary N) is 2. The van der Waals surface area contributed by atoms with E-state index in [-0.39, 0.29) is 0 Å². The van der Waals surface area contributed by atoms with Crippen molar-refractivity contribution in [2.75, 3.05) is 29.5 Å². The van der Waals surface area contributed by atoms with Crippen molar-refractivity contribution >= 4 is 23.4 Å². The molecule has 0 bridgehead atoms. The summed E-state index contributed by atoms with van der Waals surface area (Å²) in [6.45, 7) is 9.31. The summed E-state index contributed by atoms with van der Waals surface area (Å²) in [6, 6.07) is 6.09. The third-order valence-electron chi connectivity index (χ3n) is 3.92. The van der Waals surface area contributed by atoms with Crippen molar-refractivity contribution in [2.45, 2.75) is 38.7 Å². The van der Waals surface area contributed by atoms with E-state index in [1.54, 1.807) is 4.57 Å². The Morgan fingerprint density at radius 3 is 2.80 bits per heavy atom. The molecule has 0 spiro atoms. The van der Waals surface area contributed by atoms with E-state index in [1.165, 1.54) is 17.3 Å².